The van der Waals surface area contributed by atoms with E-state index in [9.17, 15) is 14.0 Å². The Kier molecular flexibility index (Phi) is 8.08. The zero-order valence-corrected chi connectivity index (χ0v) is 19.3. The van der Waals surface area contributed by atoms with Crippen LogP contribution in [0.3, 0.4) is 0 Å². The van der Waals surface area contributed by atoms with Crippen LogP contribution in [-0.4, -0.2) is 28.8 Å². The van der Waals surface area contributed by atoms with E-state index in [1.165, 1.54) is 6.07 Å². The molecule has 1 atom stereocenters. The number of hydrogen-bond acceptors (Lipinski definition) is 2. The van der Waals surface area contributed by atoms with Crippen LogP contribution in [0.1, 0.15) is 42.4 Å². The molecule has 0 radical (unpaired) electrons. The molecule has 1 aliphatic rings. The molecule has 0 spiro atoms. The van der Waals surface area contributed by atoms with Crippen LogP contribution in [-0.2, 0) is 29.0 Å². The molecule has 34 heavy (non-hydrogen) atoms. The Morgan fingerprint density at radius 2 is 1.44 bits per heavy atom. The Morgan fingerprint density at radius 3 is 2.09 bits per heavy atom. The zero-order valence-electron chi connectivity index (χ0n) is 19.3. The highest BCUT2D eigenvalue weighted by molar-refractivity contribution is 5.89. The van der Waals surface area contributed by atoms with Gasteiger partial charge in [0.1, 0.15) is 11.9 Å². The van der Waals surface area contributed by atoms with Crippen molar-refractivity contribution in [3.63, 3.8) is 0 Å². The lowest BCUT2D eigenvalue weighted by Crippen LogP contribution is -2.52. The number of amides is 2. The van der Waals surface area contributed by atoms with E-state index in [1.807, 2.05) is 60.7 Å². The summed E-state index contributed by atoms with van der Waals surface area (Å²) >= 11 is 0. The number of nitrogens with one attached hydrogen (secondary N) is 1. The maximum atomic E-state index is 14.4. The number of halogens is 1. The van der Waals surface area contributed by atoms with Gasteiger partial charge in [-0.05, 0) is 35.6 Å². The van der Waals surface area contributed by atoms with Crippen LogP contribution in [0.5, 0.6) is 0 Å². The molecule has 2 amide bonds. The Morgan fingerprint density at radius 1 is 0.853 bits per heavy atom. The van der Waals surface area contributed by atoms with Crippen molar-refractivity contribution >= 4 is 11.8 Å². The van der Waals surface area contributed by atoms with E-state index >= 15 is 0 Å². The van der Waals surface area contributed by atoms with Crippen LogP contribution < -0.4 is 5.32 Å². The lowest BCUT2D eigenvalue weighted by Gasteiger charge is -2.32. The number of carbonyl (C=O) groups is 2. The molecular weight excluding hydrogens is 427 g/mol. The topological polar surface area (TPSA) is 49.4 Å². The SMILES string of the molecule is O=C(NC1CCCC1)[C@H](Cc1ccccc1)N(Cc1ccccc1)C(=O)Cc1ccccc1F. The number of carbonyl (C=O) groups excluding carboxylic acids is 2. The second-order valence-corrected chi connectivity index (χ2v) is 8.97. The summed E-state index contributed by atoms with van der Waals surface area (Å²) < 4.78 is 14.4. The molecule has 1 saturated carbocycles. The Balaban J connectivity index is 1.65. The zero-order chi connectivity index (χ0) is 23.8. The maximum Gasteiger partial charge on any atom is 0.243 e. The van der Waals surface area contributed by atoms with Gasteiger partial charge in [-0.1, -0.05) is 91.7 Å². The molecule has 0 bridgehead atoms. The average molecular weight is 459 g/mol. The first-order chi connectivity index (χ1) is 16.6. The third-order valence-electron chi connectivity index (χ3n) is 6.47. The number of nitrogens with zero attached hydrogens (tertiary/aromatic N) is 1. The highest BCUT2D eigenvalue weighted by atomic mass is 19.1. The summed E-state index contributed by atoms with van der Waals surface area (Å²) in [6.45, 7) is 0.281. The maximum absolute atomic E-state index is 14.4. The van der Waals surface area contributed by atoms with Crippen molar-refractivity contribution in [1.29, 1.82) is 0 Å². The fourth-order valence-corrected chi connectivity index (χ4v) is 4.61. The van der Waals surface area contributed by atoms with Gasteiger partial charge in [0.25, 0.3) is 0 Å². The van der Waals surface area contributed by atoms with E-state index in [1.54, 1.807) is 23.1 Å². The molecule has 3 aromatic rings. The standard InChI is InChI=1S/C29H31FN2O2/c30-26-18-10-7-15-24(26)20-28(33)32(21-23-13-5-2-6-14-23)27(19-22-11-3-1-4-12-22)29(34)31-25-16-8-9-17-25/h1-7,10-15,18,25,27H,8-9,16-17,19-21H2,(H,31,34)/t27-/m0/s1. The fraction of sp³-hybridized carbons (Fsp3) is 0.310. The van der Waals surface area contributed by atoms with Gasteiger partial charge >= 0.3 is 0 Å². The molecule has 3 aromatic carbocycles. The minimum atomic E-state index is -0.692. The second kappa shape index (κ2) is 11.6. The van der Waals surface area contributed by atoms with Gasteiger partial charge in [0, 0.05) is 19.0 Å². The van der Waals surface area contributed by atoms with Crippen molar-refractivity contribution in [2.75, 3.05) is 0 Å². The first-order valence-electron chi connectivity index (χ1n) is 12.0. The van der Waals surface area contributed by atoms with Gasteiger partial charge in [-0.25, -0.2) is 4.39 Å². The summed E-state index contributed by atoms with van der Waals surface area (Å²) in [5.74, 6) is -0.824. The van der Waals surface area contributed by atoms with E-state index in [4.69, 9.17) is 0 Å². The van der Waals surface area contributed by atoms with Crippen LogP contribution >= 0.6 is 0 Å². The van der Waals surface area contributed by atoms with Gasteiger partial charge in [-0.15, -0.1) is 0 Å². The minimum Gasteiger partial charge on any atom is -0.352 e. The van der Waals surface area contributed by atoms with Crippen molar-refractivity contribution < 1.29 is 14.0 Å². The first kappa shape index (κ1) is 23.7. The number of rotatable bonds is 9. The van der Waals surface area contributed by atoms with Gasteiger partial charge < -0.3 is 10.2 Å². The molecule has 0 aromatic heterocycles. The summed E-state index contributed by atoms with van der Waals surface area (Å²) in [7, 11) is 0. The quantitative estimate of drug-likeness (QED) is 0.487. The van der Waals surface area contributed by atoms with Gasteiger partial charge in [-0.3, -0.25) is 9.59 Å². The van der Waals surface area contributed by atoms with Crippen LogP contribution in [0, 0.1) is 5.82 Å². The van der Waals surface area contributed by atoms with Crippen molar-refractivity contribution in [2.24, 2.45) is 0 Å². The van der Waals surface area contributed by atoms with Crippen molar-refractivity contribution in [2.45, 2.75) is 57.2 Å². The predicted molar refractivity (Wildman–Crippen MR) is 131 cm³/mol. The minimum absolute atomic E-state index is 0.0957. The van der Waals surface area contributed by atoms with E-state index in [-0.39, 0.29) is 30.8 Å². The molecule has 4 nitrogen and oxygen atoms in total. The van der Waals surface area contributed by atoms with E-state index < -0.39 is 11.9 Å². The van der Waals surface area contributed by atoms with Gasteiger partial charge in [0.05, 0.1) is 6.42 Å². The number of benzene rings is 3. The largest absolute Gasteiger partial charge is 0.352 e. The lowest BCUT2D eigenvalue weighted by atomic mass is 10.0. The fourth-order valence-electron chi connectivity index (χ4n) is 4.61. The Labute approximate surface area is 200 Å². The molecule has 1 N–H and O–H groups in total. The summed E-state index contributed by atoms with van der Waals surface area (Å²) in [4.78, 5) is 28.8. The lowest BCUT2D eigenvalue weighted by molar-refractivity contribution is -0.141. The monoisotopic (exact) mass is 458 g/mol. The molecule has 0 aliphatic heterocycles. The molecule has 0 unspecified atom stereocenters. The Bertz CT molecular complexity index is 1080. The third kappa shape index (κ3) is 6.31. The van der Waals surface area contributed by atoms with Crippen molar-refractivity contribution in [3.8, 4) is 0 Å². The van der Waals surface area contributed by atoms with Gasteiger partial charge in [0.2, 0.25) is 11.8 Å². The molecule has 5 heteroatoms. The smallest absolute Gasteiger partial charge is 0.243 e. The third-order valence-corrected chi connectivity index (χ3v) is 6.47. The van der Waals surface area contributed by atoms with Crippen LogP contribution in [0.2, 0.25) is 0 Å². The molecule has 0 heterocycles. The van der Waals surface area contributed by atoms with Gasteiger partial charge in [-0.2, -0.15) is 0 Å². The summed E-state index contributed by atoms with van der Waals surface area (Å²) in [6.07, 6.45) is 4.44. The molecule has 1 fully saturated rings. The summed E-state index contributed by atoms with van der Waals surface area (Å²) in [5, 5.41) is 3.19. The van der Waals surface area contributed by atoms with Crippen molar-refractivity contribution in [1.82, 2.24) is 10.2 Å². The number of hydrogen-bond donors (Lipinski definition) is 1. The van der Waals surface area contributed by atoms with Crippen molar-refractivity contribution in [3.05, 3.63) is 107 Å². The van der Waals surface area contributed by atoms with Crippen LogP contribution in [0.15, 0.2) is 84.9 Å². The van der Waals surface area contributed by atoms with E-state index in [0.717, 1.165) is 36.8 Å². The average Bonchev–Trinajstić information content (AvgIpc) is 3.37. The molecule has 176 valence electrons. The second-order valence-electron chi connectivity index (χ2n) is 8.97. The predicted octanol–water partition coefficient (Wildman–Crippen LogP) is 5.07. The summed E-state index contributed by atoms with van der Waals surface area (Å²) in [5.41, 5.74) is 2.24. The molecular formula is C29H31FN2O2. The summed E-state index contributed by atoms with van der Waals surface area (Å²) in [6, 6.07) is 25.1. The molecule has 1 aliphatic carbocycles. The van der Waals surface area contributed by atoms with Gasteiger partial charge in [0.15, 0.2) is 0 Å². The highest BCUT2D eigenvalue weighted by Crippen LogP contribution is 2.21. The van der Waals surface area contributed by atoms with E-state index in [0.29, 0.717) is 12.0 Å². The molecule has 0 saturated heterocycles. The van der Waals surface area contributed by atoms with Crippen LogP contribution in [0.25, 0.3) is 0 Å². The first-order valence-corrected chi connectivity index (χ1v) is 12.0. The highest BCUT2D eigenvalue weighted by Gasteiger charge is 2.32. The van der Waals surface area contributed by atoms with Crippen LogP contribution in [0.4, 0.5) is 4.39 Å². The van der Waals surface area contributed by atoms with E-state index in [2.05, 4.69) is 5.32 Å². The normalized spacial score (nSPS) is 14.5. The Hall–Kier alpha value is -3.47. The molecule has 4 rings (SSSR count).